The third-order valence-electron chi connectivity index (χ3n) is 6.15. The van der Waals surface area contributed by atoms with E-state index >= 15 is 0 Å². The number of benzene rings is 2. The highest BCUT2D eigenvalue weighted by Gasteiger charge is 2.49. The van der Waals surface area contributed by atoms with Crippen LogP contribution in [0.25, 0.3) is 5.76 Å². The molecular formula is C26H24N2O6. The Bertz CT molecular complexity index is 1320. The molecule has 3 aromatic rings. The van der Waals surface area contributed by atoms with Crippen LogP contribution in [0.15, 0.2) is 64.6 Å². The van der Waals surface area contributed by atoms with Gasteiger partial charge in [0.1, 0.15) is 41.4 Å². The maximum Gasteiger partial charge on any atom is 0.300 e. The zero-order valence-corrected chi connectivity index (χ0v) is 19.1. The van der Waals surface area contributed by atoms with Crippen LogP contribution in [0, 0.1) is 6.92 Å². The van der Waals surface area contributed by atoms with Crippen molar-refractivity contribution >= 4 is 28.8 Å². The molecule has 5 rings (SSSR count). The number of ketones is 1. The number of nitrogens with zero attached hydrogens (tertiary/aromatic N) is 2. The summed E-state index contributed by atoms with van der Waals surface area (Å²) in [5.74, 6) is 0.240. The first-order valence-electron chi connectivity index (χ1n) is 10.9. The number of fused-ring (bicyclic) bond motifs is 1. The van der Waals surface area contributed by atoms with Gasteiger partial charge in [-0.2, -0.15) is 0 Å². The number of ether oxygens (including phenoxy) is 2. The number of amides is 1. The molecule has 0 aliphatic carbocycles. The van der Waals surface area contributed by atoms with Gasteiger partial charge in [-0.05, 0) is 49.4 Å². The highest BCUT2D eigenvalue weighted by atomic mass is 16.5. The molecule has 8 nitrogen and oxygen atoms in total. The Hall–Kier alpha value is -4.20. The molecule has 1 amide bonds. The lowest BCUT2D eigenvalue weighted by Gasteiger charge is -2.28. The van der Waals surface area contributed by atoms with E-state index in [0.717, 1.165) is 5.69 Å². The minimum Gasteiger partial charge on any atom is -0.507 e. The van der Waals surface area contributed by atoms with Crippen molar-refractivity contribution in [2.75, 3.05) is 37.1 Å². The van der Waals surface area contributed by atoms with Crippen LogP contribution in [-0.2, 0) is 9.59 Å². The summed E-state index contributed by atoms with van der Waals surface area (Å²) in [6.07, 6.45) is 0. The third kappa shape index (κ3) is 3.39. The van der Waals surface area contributed by atoms with E-state index in [1.54, 1.807) is 61.5 Å². The molecule has 0 saturated carbocycles. The molecule has 1 atom stereocenters. The molecule has 0 spiro atoms. The molecule has 2 aliphatic rings. The molecule has 174 valence electrons. The predicted octanol–water partition coefficient (Wildman–Crippen LogP) is 4.05. The summed E-state index contributed by atoms with van der Waals surface area (Å²) in [7, 11) is 3.42. The highest BCUT2D eigenvalue weighted by Crippen LogP contribution is 2.45. The van der Waals surface area contributed by atoms with Gasteiger partial charge >= 0.3 is 0 Å². The molecule has 8 heteroatoms. The minimum atomic E-state index is -0.963. The van der Waals surface area contributed by atoms with Crippen molar-refractivity contribution in [2.45, 2.75) is 13.0 Å². The number of likely N-dealkylation sites (N-methyl/N-ethyl adjacent to an activating group) is 1. The summed E-state index contributed by atoms with van der Waals surface area (Å²) in [6.45, 7) is 3.04. The van der Waals surface area contributed by atoms with E-state index in [9.17, 15) is 14.7 Å². The number of anilines is 2. The number of carbonyl (C=O) groups excluding carboxylic acids is 2. The van der Waals surface area contributed by atoms with Crippen LogP contribution in [0.1, 0.15) is 23.1 Å². The fourth-order valence-electron chi connectivity index (χ4n) is 4.43. The molecule has 3 heterocycles. The van der Waals surface area contributed by atoms with Crippen LogP contribution in [0.3, 0.4) is 0 Å². The van der Waals surface area contributed by atoms with Crippen molar-refractivity contribution in [3.63, 3.8) is 0 Å². The van der Waals surface area contributed by atoms with Gasteiger partial charge in [0.15, 0.2) is 0 Å². The first-order valence-corrected chi connectivity index (χ1v) is 10.9. The Morgan fingerprint density at radius 2 is 1.88 bits per heavy atom. The van der Waals surface area contributed by atoms with E-state index < -0.39 is 17.7 Å². The average Bonchev–Trinajstić information content (AvgIpc) is 3.39. The molecule has 2 aliphatic heterocycles. The van der Waals surface area contributed by atoms with Crippen molar-refractivity contribution in [2.24, 2.45) is 0 Å². The van der Waals surface area contributed by atoms with Gasteiger partial charge in [-0.15, -0.1) is 0 Å². The Labute approximate surface area is 196 Å². The molecule has 0 radical (unpaired) electrons. The monoisotopic (exact) mass is 460 g/mol. The number of Topliss-reactive ketones (excluding diaryl/α,β-unsaturated/α-hetero) is 1. The molecule has 0 bridgehead atoms. The van der Waals surface area contributed by atoms with Gasteiger partial charge in [0.25, 0.3) is 11.7 Å². The molecule has 34 heavy (non-hydrogen) atoms. The predicted molar refractivity (Wildman–Crippen MR) is 126 cm³/mol. The topological polar surface area (TPSA) is 92.5 Å². The van der Waals surface area contributed by atoms with Crippen molar-refractivity contribution in [1.29, 1.82) is 0 Å². The highest BCUT2D eigenvalue weighted by molar-refractivity contribution is 6.51. The summed E-state index contributed by atoms with van der Waals surface area (Å²) >= 11 is 0. The quantitative estimate of drug-likeness (QED) is 0.357. The summed E-state index contributed by atoms with van der Waals surface area (Å²) in [4.78, 5) is 29.9. The second kappa shape index (κ2) is 8.30. The van der Waals surface area contributed by atoms with Gasteiger partial charge in [0.05, 0.1) is 30.6 Å². The van der Waals surface area contributed by atoms with E-state index in [-0.39, 0.29) is 11.3 Å². The number of hydrogen-bond acceptors (Lipinski definition) is 7. The first kappa shape index (κ1) is 21.6. The molecule has 1 fully saturated rings. The van der Waals surface area contributed by atoms with E-state index in [0.29, 0.717) is 47.4 Å². The number of furan rings is 1. The Kier molecular flexibility index (Phi) is 5.28. The number of aliphatic hydroxyl groups excluding tert-OH is 1. The van der Waals surface area contributed by atoms with Gasteiger partial charge in [0, 0.05) is 12.6 Å². The number of carbonyl (C=O) groups is 2. The molecule has 2 aromatic carbocycles. The van der Waals surface area contributed by atoms with Crippen LogP contribution in [0.4, 0.5) is 11.4 Å². The van der Waals surface area contributed by atoms with Crippen molar-refractivity contribution in [3.8, 4) is 11.5 Å². The van der Waals surface area contributed by atoms with E-state index in [1.165, 1.54) is 12.0 Å². The van der Waals surface area contributed by atoms with Gasteiger partial charge in [-0.1, -0.05) is 12.1 Å². The smallest absolute Gasteiger partial charge is 0.300 e. The van der Waals surface area contributed by atoms with Gasteiger partial charge in [-0.3, -0.25) is 14.5 Å². The zero-order valence-electron chi connectivity index (χ0n) is 19.1. The molecule has 1 N–H and O–H groups in total. The van der Waals surface area contributed by atoms with Gasteiger partial charge < -0.3 is 23.9 Å². The molecule has 1 saturated heterocycles. The lowest BCUT2D eigenvalue weighted by atomic mass is 9.98. The number of hydrogen-bond donors (Lipinski definition) is 1. The summed E-state index contributed by atoms with van der Waals surface area (Å²) < 4.78 is 17.0. The average molecular weight is 460 g/mol. The number of para-hydroxylation sites is 2. The van der Waals surface area contributed by atoms with E-state index in [1.807, 2.05) is 11.9 Å². The Balaban J connectivity index is 1.71. The largest absolute Gasteiger partial charge is 0.507 e. The molecule has 1 unspecified atom stereocenters. The van der Waals surface area contributed by atoms with E-state index in [2.05, 4.69) is 0 Å². The van der Waals surface area contributed by atoms with Crippen molar-refractivity contribution < 1.29 is 28.6 Å². The van der Waals surface area contributed by atoms with Crippen LogP contribution >= 0.6 is 0 Å². The minimum absolute atomic E-state index is 0.0513. The van der Waals surface area contributed by atoms with Crippen molar-refractivity contribution in [3.05, 3.63) is 77.3 Å². The number of aryl methyl sites for hydroxylation is 1. The van der Waals surface area contributed by atoms with Gasteiger partial charge in [-0.25, -0.2) is 0 Å². The van der Waals surface area contributed by atoms with Crippen molar-refractivity contribution in [1.82, 2.24) is 0 Å². The zero-order chi connectivity index (χ0) is 24.0. The normalized spacial score (nSPS) is 19.2. The van der Waals surface area contributed by atoms with Crippen LogP contribution in [0.2, 0.25) is 0 Å². The van der Waals surface area contributed by atoms with Crippen LogP contribution in [0.5, 0.6) is 11.5 Å². The molecule has 1 aromatic heterocycles. The first-order chi connectivity index (χ1) is 16.4. The maximum absolute atomic E-state index is 13.3. The number of rotatable bonds is 4. The standard InChI is InChI=1S/C26H24N2O6/c1-15-8-10-21(34-15)23-22(24(29)16-9-11-20-18(14-16)27(2)12-13-33-20)25(30)26(31)28(23)17-6-4-5-7-19(17)32-3/h4-11,14,23,29H,12-13H2,1-3H3/b24-22-. The second-order valence-corrected chi connectivity index (χ2v) is 8.24. The Morgan fingerprint density at radius 3 is 2.62 bits per heavy atom. The number of methoxy groups -OCH3 is 1. The fourth-order valence-corrected chi connectivity index (χ4v) is 4.43. The fraction of sp³-hybridized carbons (Fsp3) is 0.231. The summed E-state index contributed by atoms with van der Waals surface area (Å²) in [6, 6.07) is 14.6. The lowest BCUT2D eigenvalue weighted by molar-refractivity contribution is -0.132. The van der Waals surface area contributed by atoms with Crippen LogP contribution in [-0.4, -0.2) is 44.1 Å². The van der Waals surface area contributed by atoms with Gasteiger partial charge in [0.2, 0.25) is 0 Å². The molecular weight excluding hydrogens is 436 g/mol. The maximum atomic E-state index is 13.3. The summed E-state index contributed by atoms with van der Waals surface area (Å²) in [5, 5.41) is 11.4. The second-order valence-electron chi connectivity index (χ2n) is 8.24. The number of aliphatic hydroxyl groups is 1. The van der Waals surface area contributed by atoms with E-state index in [4.69, 9.17) is 13.9 Å². The summed E-state index contributed by atoms with van der Waals surface area (Å²) in [5.41, 5.74) is 1.55. The Morgan fingerprint density at radius 1 is 1.09 bits per heavy atom. The third-order valence-corrected chi connectivity index (χ3v) is 6.15. The SMILES string of the molecule is COc1ccccc1N1C(=O)C(=O)/C(=C(\O)c2ccc3c(c2)N(C)CCO3)C1c1ccc(C)o1. The van der Waals surface area contributed by atoms with Crippen LogP contribution < -0.4 is 19.3 Å². The lowest BCUT2D eigenvalue weighted by Crippen LogP contribution is -2.29.